The molecule has 100 valence electrons. The number of carbonyl (C=O) groups excluding carboxylic acids is 1. The highest BCUT2D eigenvalue weighted by Crippen LogP contribution is 2.29. The third-order valence-electron chi connectivity index (χ3n) is 2.76. The summed E-state index contributed by atoms with van der Waals surface area (Å²) in [7, 11) is 1.63. The Labute approximate surface area is 103 Å². The number of hydrogen-bond acceptors (Lipinski definition) is 2. The Kier molecular flexibility index (Phi) is 4.34. The Morgan fingerprint density at radius 3 is 2.56 bits per heavy atom. The third-order valence-corrected chi connectivity index (χ3v) is 2.76. The summed E-state index contributed by atoms with van der Waals surface area (Å²) in [4.78, 5) is 12.6. The number of primary amides is 1. The van der Waals surface area contributed by atoms with E-state index >= 15 is 0 Å². The molecule has 0 aromatic heterocycles. The second kappa shape index (κ2) is 5.39. The van der Waals surface area contributed by atoms with Crippen molar-refractivity contribution in [2.24, 2.45) is 5.73 Å². The van der Waals surface area contributed by atoms with Gasteiger partial charge in [0.15, 0.2) is 0 Å². The van der Waals surface area contributed by atoms with Crippen molar-refractivity contribution in [2.45, 2.75) is 25.7 Å². The van der Waals surface area contributed by atoms with Gasteiger partial charge in [-0.3, -0.25) is 9.69 Å². The molecule has 1 rings (SSSR count). The molecule has 0 aliphatic rings. The molecule has 0 fully saturated rings. The predicted octanol–water partition coefficient (Wildman–Crippen LogP) is 2.01. The van der Waals surface area contributed by atoms with Crippen LogP contribution in [0.2, 0.25) is 0 Å². The highest BCUT2D eigenvalue weighted by atomic mass is 19.4. The Morgan fingerprint density at radius 1 is 1.44 bits per heavy atom. The number of benzene rings is 1. The van der Waals surface area contributed by atoms with Gasteiger partial charge in [0.25, 0.3) is 0 Å². The molecule has 0 aliphatic carbocycles. The largest absolute Gasteiger partial charge is 0.416 e. The van der Waals surface area contributed by atoms with Crippen LogP contribution in [-0.2, 0) is 17.5 Å². The molecule has 18 heavy (non-hydrogen) atoms. The highest BCUT2D eigenvalue weighted by molar-refractivity contribution is 5.79. The monoisotopic (exact) mass is 260 g/mol. The summed E-state index contributed by atoms with van der Waals surface area (Å²) in [6, 6.07) is 4.49. The van der Waals surface area contributed by atoms with E-state index in [0.717, 1.165) is 12.1 Å². The van der Waals surface area contributed by atoms with Gasteiger partial charge in [-0.1, -0.05) is 18.2 Å². The molecule has 0 aliphatic heterocycles. The SMILES string of the molecule is C[C@@H](C(N)=O)N(C)Cc1cccc(C(F)(F)F)c1. The van der Waals surface area contributed by atoms with Crippen LogP contribution < -0.4 is 5.73 Å². The van der Waals surface area contributed by atoms with Gasteiger partial charge in [0.2, 0.25) is 5.91 Å². The lowest BCUT2D eigenvalue weighted by atomic mass is 10.1. The normalized spacial score (nSPS) is 13.7. The standard InChI is InChI=1S/C12H15F3N2O/c1-8(11(16)18)17(2)7-9-4-3-5-10(6-9)12(13,14)15/h3-6,8H,7H2,1-2H3,(H2,16,18)/t8-/m0/s1. The number of nitrogens with two attached hydrogens (primary N) is 1. The summed E-state index contributed by atoms with van der Waals surface area (Å²) >= 11 is 0. The van der Waals surface area contributed by atoms with Crippen molar-refractivity contribution in [2.75, 3.05) is 7.05 Å². The van der Waals surface area contributed by atoms with Gasteiger partial charge in [-0.2, -0.15) is 13.2 Å². The van der Waals surface area contributed by atoms with E-state index in [0.29, 0.717) is 5.56 Å². The summed E-state index contributed by atoms with van der Waals surface area (Å²) in [6.07, 6.45) is -4.36. The van der Waals surface area contributed by atoms with Crippen molar-refractivity contribution >= 4 is 5.91 Å². The van der Waals surface area contributed by atoms with E-state index in [-0.39, 0.29) is 6.54 Å². The maximum atomic E-state index is 12.5. The number of likely N-dealkylation sites (N-methyl/N-ethyl adjacent to an activating group) is 1. The molecule has 0 saturated heterocycles. The maximum Gasteiger partial charge on any atom is 0.416 e. The van der Waals surface area contributed by atoms with Crippen LogP contribution in [0.4, 0.5) is 13.2 Å². The zero-order chi connectivity index (χ0) is 13.9. The van der Waals surface area contributed by atoms with Crippen molar-refractivity contribution in [1.29, 1.82) is 0 Å². The number of halogens is 3. The number of rotatable bonds is 4. The molecule has 0 bridgehead atoms. The zero-order valence-corrected chi connectivity index (χ0v) is 10.2. The fraction of sp³-hybridized carbons (Fsp3) is 0.417. The van der Waals surface area contributed by atoms with Gasteiger partial charge in [0, 0.05) is 6.54 Å². The molecule has 1 aromatic carbocycles. The van der Waals surface area contributed by atoms with Crippen molar-refractivity contribution in [3.8, 4) is 0 Å². The van der Waals surface area contributed by atoms with E-state index < -0.39 is 23.7 Å². The summed E-state index contributed by atoms with van der Waals surface area (Å²) in [5, 5.41) is 0. The van der Waals surface area contributed by atoms with Crippen LogP contribution in [0, 0.1) is 0 Å². The average molecular weight is 260 g/mol. The van der Waals surface area contributed by atoms with Crippen LogP contribution in [0.1, 0.15) is 18.1 Å². The van der Waals surface area contributed by atoms with Crippen LogP contribution in [0.25, 0.3) is 0 Å². The highest BCUT2D eigenvalue weighted by Gasteiger charge is 2.30. The van der Waals surface area contributed by atoms with Gasteiger partial charge >= 0.3 is 6.18 Å². The second-order valence-corrected chi connectivity index (χ2v) is 4.19. The Hall–Kier alpha value is -1.56. The van der Waals surface area contributed by atoms with Gasteiger partial charge in [0.05, 0.1) is 11.6 Å². The predicted molar refractivity (Wildman–Crippen MR) is 61.6 cm³/mol. The Balaban J connectivity index is 2.83. The first-order valence-corrected chi connectivity index (χ1v) is 5.37. The van der Waals surface area contributed by atoms with Crippen LogP contribution in [0.3, 0.4) is 0 Å². The summed E-state index contributed by atoms with van der Waals surface area (Å²) in [5.74, 6) is -0.510. The number of carbonyl (C=O) groups is 1. The molecular formula is C12H15F3N2O. The lowest BCUT2D eigenvalue weighted by Crippen LogP contribution is -2.39. The van der Waals surface area contributed by atoms with E-state index in [4.69, 9.17) is 5.73 Å². The topological polar surface area (TPSA) is 46.3 Å². The van der Waals surface area contributed by atoms with Crippen molar-refractivity contribution in [3.05, 3.63) is 35.4 Å². The van der Waals surface area contributed by atoms with Gasteiger partial charge in [-0.15, -0.1) is 0 Å². The molecule has 0 radical (unpaired) electrons. The lowest BCUT2D eigenvalue weighted by molar-refractivity contribution is -0.137. The molecule has 1 atom stereocenters. The first kappa shape index (κ1) is 14.5. The minimum absolute atomic E-state index is 0.230. The van der Waals surface area contributed by atoms with Crippen molar-refractivity contribution in [1.82, 2.24) is 4.90 Å². The Bertz CT molecular complexity index is 432. The lowest BCUT2D eigenvalue weighted by Gasteiger charge is -2.22. The molecule has 0 spiro atoms. The summed E-state index contributed by atoms with van der Waals surface area (Å²) < 4.78 is 37.5. The molecule has 0 unspecified atom stereocenters. The van der Waals surface area contributed by atoms with Crippen molar-refractivity contribution in [3.63, 3.8) is 0 Å². The first-order valence-electron chi connectivity index (χ1n) is 5.37. The molecular weight excluding hydrogens is 245 g/mol. The molecule has 1 amide bonds. The van der Waals surface area contributed by atoms with E-state index in [1.165, 1.54) is 6.07 Å². The van der Waals surface area contributed by atoms with Crippen LogP contribution in [-0.4, -0.2) is 23.9 Å². The summed E-state index contributed by atoms with van der Waals surface area (Å²) in [5.41, 5.74) is 4.92. The third kappa shape index (κ3) is 3.73. The molecule has 1 aromatic rings. The van der Waals surface area contributed by atoms with E-state index in [2.05, 4.69) is 0 Å². The number of hydrogen-bond donors (Lipinski definition) is 1. The minimum Gasteiger partial charge on any atom is -0.368 e. The number of nitrogens with zero attached hydrogens (tertiary/aromatic N) is 1. The van der Waals surface area contributed by atoms with E-state index in [1.807, 2.05) is 0 Å². The molecule has 6 heteroatoms. The fourth-order valence-corrected chi connectivity index (χ4v) is 1.49. The first-order chi connectivity index (χ1) is 8.21. The van der Waals surface area contributed by atoms with E-state index in [9.17, 15) is 18.0 Å². The molecule has 0 saturated carbocycles. The second-order valence-electron chi connectivity index (χ2n) is 4.19. The number of amides is 1. The molecule has 3 nitrogen and oxygen atoms in total. The smallest absolute Gasteiger partial charge is 0.368 e. The Morgan fingerprint density at radius 2 is 2.06 bits per heavy atom. The minimum atomic E-state index is -4.36. The van der Waals surface area contributed by atoms with Gasteiger partial charge < -0.3 is 5.73 Å². The van der Waals surface area contributed by atoms with Gasteiger partial charge in [-0.05, 0) is 25.6 Å². The van der Waals surface area contributed by atoms with Gasteiger partial charge in [-0.25, -0.2) is 0 Å². The van der Waals surface area contributed by atoms with Crippen molar-refractivity contribution < 1.29 is 18.0 Å². The maximum absolute atomic E-state index is 12.5. The zero-order valence-electron chi connectivity index (χ0n) is 10.2. The number of alkyl halides is 3. The molecule has 2 N–H and O–H groups in total. The molecule has 0 heterocycles. The van der Waals surface area contributed by atoms with Crippen LogP contribution in [0.5, 0.6) is 0 Å². The van der Waals surface area contributed by atoms with Crippen LogP contribution in [0.15, 0.2) is 24.3 Å². The quantitative estimate of drug-likeness (QED) is 0.900. The average Bonchev–Trinajstić information content (AvgIpc) is 2.27. The fourth-order valence-electron chi connectivity index (χ4n) is 1.49. The van der Waals surface area contributed by atoms with E-state index in [1.54, 1.807) is 24.9 Å². The van der Waals surface area contributed by atoms with Crippen LogP contribution >= 0.6 is 0 Å². The van der Waals surface area contributed by atoms with Gasteiger partial charge in [0.1, 0.15) is 0 Å². The summed E-state index contributed by atoms with van der Waals surface area (Å²) in [6.45, 7) is 1.84.